The zero-order chi connectivity index (χ0) is 19.7. The summed E-state index contributed by atoms with van der Waals surface area (Å²) < 4.78 is 1.62. The number of pyridine rings is 1. The predicted molar refractivity (Wildman–Crippen MR) is 113 cm³/mol. The third-order valence-electron chi connectivity index (χ3n) is 5.11. The van der Waals surface area contributed by atoms with Gasteiger partial charge in [-0.15, -0.1) is 0 Å². The lowest BCUT2D eigenvalue weighted by Gasteiger charge is -2.15. The number of hydrogen-bond acceptors (Lipinski definition) is 2. The van der Waals surface area contributed by atoms with E-state index in [9.17, 15) is 9.59 Å². The fourth-order valence-corrected chi connectivity index (χ4v) is 3.62. The molecule has 5 nitrogen and oxygen atoms in total. The van der Waals surface area contributed by atoms with Crippen LogP contribution in [0.5, 0.6) is 0 Å². The average molecular weight is 373 g/mol. The van der Waals surface area contributed by atoms with Gasteiger partial charge < -0.3 is 14.9 Å². The minimum absolute atomic E-state index is 0.0186. The topological polar surface area (TPSA) is 66.9 Å². The van der Waals surface area contributed by atoms with Gasteiger partial charge in [0.1, 0.15) is 0 Å². The number of fused-ring (bicyclic) bond motifs is 2. The Kier molecular flexibility index (Phi) is 4.74. The minimum atomic E-state index is -0.162. The van der Waals surface area contributed by atoms with Crippen molar-refractivity contribution in [1.82, 2.24) is 14.9 Å². The lowest BCUT2D eigenvalue weighted by molar-refractivity contribution is 0.0955. The fraction of sp³-hybridized carbons (Fsp3) is 0.217. The molecule has 0 spiro atoms. The fourth-order valence-electron chi connectivity index (χ4n) is 3.62. The van der Waals surface area contributed by atoms with Crippen molar-refractivity contribution >= 4 is 27.6 Å². The molecule has 0 unspecified atom stereocenters. The SMILES string of the molecule is CC(C)n1cc(C(=O)NCCc2c[nH]c3ccccc23)c2ccccc2c1=O. The third kappa shape index (κ3) is 3.20. The van der Waals surface area contributed by atoms with Crippen LogP contribution in [-0.4, -0.2) is 22.0 Å². The summed E-state index contributed by atoms with van der Waals surface area (Å²) in [5, 5.41) is 5.45. The van der Waals surface area contributed by atoms with E-state index in [1.54, 1.807) is 16.8 Å². The Labute approximate surface area is 163 Å². The maximum atomic E-state index is 12.9. The van der Waals surface area contributed by atoms with Crippen molar-refractivity contribution < 1.29 is 4.79 Å². The van der Waals surface area contributed by atoms with Crippen LogP contribution in [0.4, 0.5) is 0 Å². The molecule has 0 radical (unpaired) electrons. The van der Waals surface area contributed by atoms with Gasteiger partial charge in [0.2, 0.25) is 0 Å². The van der Waals surface area contributed by atoms with Crippen LogP contribution in [0.3, 0.4) is 0 Å². The highest BCUT2D eigenvalue weighted by molar-refractivity contribution is 6.06. The van der Waals surface area contributed by atoms with Crippen LogP contribution in [0.2, 0.25) is 0 Å². The Morgan fingerprint density at radius 2 is 1.71 bits per heavy atom. The van der Waals surface area contributed by atoms with Crippen LogP contribution in [0.25, 0.3) is 21.7 Å². The molecular weight excluding hydrogens is 350 g/mol. The predicted octanol–water partition coefficient (Wildman–Crippen LogP) is 4.04. The first kappa shape index (κ1) is 18.0. The molecule has 0 aliphatic rings. The van der Waals surface area contributed by atoms with Gasteiger partial charge in [-0.2, -0.15) is 0 Å². The van der Waals surface area contributed by atoms with E-state index in [1.807, 2.05) is 56.4 Å². The molecule has 28 heavy (non-hydrogen) atoms. The Hall–Kier alpha value is -3.34. The molecule has 0 saturated heterocycles. The van der Waals surface area contributed by atoms with Crippen LogP contribution in [-0.2, 0) is 6.42 Å². The highest BCUT2D eigenvalue weighted by atomic mass is 16.2. The molecule has 0 bridgehead atoms. The van der Waals surface area contributed by atoms with Crippen molar-refractivity contribution in [1.29, 1.82) is 0 Å². The number of aromatic nitrogens is 2. The van der Waals surface area contributed by atoms with E-state index in [4.69, 9.17) is 0 Å². The number of aromatic amines is 1. The summed E-state index contributed by atoms with van der Waals surface area (Å²) >= 11 is 0. The second-order valence-corrected chi connectivity index (χ2v) is 7.26. The Balaban J connectivity index is 1.59. The van der Waals surface area contributed by atoms with Crippen LogP contribution >= 0.6 is 0 Å². The van der Waals surface area contributed by atoms with Crippen molar-refractivity contribution in [2.45, 2.75) is 26.3 Å². The van der Waals surface area contributed by atoms with E-state index < -0.39 is 0 Å². The number of H-pyrrole nitrogens is 1. The maximum Gasteiger partial charge on any atom is 0.258 e. The second-order valence-electron chi connectivity index (χ2n) is 7.26. The van der Waals surface area contributed by atoms with E-state index in [-0.39, 0.29) is 17.5 Å². The lowest BCUT2D eigenvalue weighted by Crippen LogP contribution is -2.29. The van der Waals surface area contributed by atoms with Crippen molar-refractivity contribution in [3.05, 3.63) is 82.4 Å². The second kappa shape index (κ2) is 7.35. The first-order chi connectivity index (χ1) is 13.6. The quantitative estimate of drug-likeness (QED) is 0.554. The van der Waals surface area contributed by atoms with Crippen LogP contribution in [0.1, 0.15) is 35.8 Å². The molecule has 2 aromatic heterocycles. The summed E-state index contributed by atoms with van der Waals surface area (Å²) in [5.41, 5.74) is 2.73. The molecule has 0 aliphatic heterocycles. The first-order valence-electron chi connectivity index (χ1n) is 9.53. The molecule has 2 heterocycles. The number of benzene rings is 2. The van der Waals surface area contributed by atoms with Gasteiger partial charge in [-0.25, -0.2) is 0 Å². The van der Waals surface area contributed by atoms with Gasteiger partial charge in [-0.1, -0.05) is 36.4 Å². The zero-order valence-electron chi connectivity index (χ0n) is 16.0. The number of nitrogens with one attached hydrogen (secondary N) is 2. The summed E-state index contributed by atoms with van der Waals surface area (Å²) in [6.07, 6.45) is 4.40. The van der Waals surface area contributed by atoms with E-state index in [1.165, 1.54) is 10.9 Å². The lowest BCUT2D eigenvalue weighted by atomic mass is 10.1. The first-order valence-corrected chi connectivity index (χ1v) is 9.53. The summed E-state index contributed by atoms with van der Waals surface area (Å²) in [6.45, 7) is 4.40. The largest absolute Gasteiger partial charge is 0.361 e. The van der Waals surface area contributed by atoms with Gasteiger partial charge in [0.05, 0.1) is 5.56 Å². The number of rotatable bonds is 5. The van der Waals surface area contributed by atoms with Crippen LogP contribution in [0.15, 0.2) is 65.7 Å². The van der Waals surface area contributed by atoms with E-state index in [0.717, 1.165) is 11.9 Å². The molecule has 4 aromatic rings. The Bertz CT molecular complexity index is 1220. The smallest absolute Gasteiger partial charge is 0.258 e. The Morgan fingerprint density at radius 3 is 2.46 bits per heavy atom. The highest BCUT2D eigenvalue weighted by Crippen LogP contribution is 2.19. The van der Waals surface area contributed by atoms with Crippen molar-refractivity contribution in [3.8, 4) is 0 Å². The molecular formula is C23H23N3O2. The number of hydrogen-bond donors (Lipinski definition) is 2. The standard InChI is InChI=1S/C23H23N3O2/c1-15(2)26-14-20(18-8-3-4-9-19(18)23(26)28)22(27)24-12-11-16-13-25-21-10-6-5-7-17(16)21/h3-10,13-15,25H,11-12H2,1-2H3,(H,24,27). The molecule has 2 N–H and O–H groups in total. The molecule has 4 rings (SSSR count). The summed E-state index contributed by atoms with van der Waals surface area (Å²) in [6, 6.07) is 15.4. The highest BCUT2D eigenvalue weighted by Gasteiger charge is 2.15. The van der Waals surface area contributed by atoms with Crippen molar-refractivity contribution in [2.24, 2.45) is 0 Å². The number of amides is 1. The molecule has 0 saturated carbocycles. The van der Waals surface area contributed by atoms with Crippen LogP contribution < -0.4 is 10.9 Å². The van der Waals surface area contributed by atoms with Gasteiger partial charge in [0.25, 0.3) is 11.5 Å². The van der Waals surface area contributed by atoms with E-state index >= 15 is 0 Å². The molecule has 142 valence electrons. The summed E-state index contributed by atoms with van der Waals surface area (Å²) in [4.78, 5) is 28.8. The van der Waals surface area contributed by atoms with E-state index in [0.29, 0.717) is 22.9 Å². The number of carbonyl (C=O) groups is 1. The van der Waals surface area contributed by atoms with Gasteiger partial charge in [-0.3, -0.25) is 9.59 Å². The van der Waals surface area contributed by atoms with Gasteiger partial charge in [0.15, 0.2) is 0 Å². The molecule has 0 aliphatic carbocycles. The number of carbonyl (C=O) groups excluding carboxylic acids is 1. The zero-order valence-corrected chi connectivity index (χ0v) is 16.0. The molecule has 1 amide bonds. The number of para-hydroxylation sites is 1. The molecule has 2 aromatic carbocycles. The maximum absolute atomic E-state index is 12.9. The van der Waals surface area contributed by atoms with Gasteiger partial charge in [0, 0.05) is 46.7 Å². The number of nitrogens with zero attached hydrogens (tertiary/aromatic N) is 1. The van der Waals surface area contributed by atoms with Crippen molar-refractivity contribution in [3.63, 3.8) is 0 Å². The summed E-state index contributed by atoms with van der Waals surface area (Å²) in [5.74, 6) is -0.162. The molecule has 0 atom stereocenters. The van der Waals surface area contributed by atoms with Gasteiger partial charge in [-0.05, 0) is 38.0 Å². The molecule has 0 fully saturated rings. The minimum Gasteiger partial charge on any atom is -0.361 e. The normalized spacial score (nSPS) is 11.4. The van der Waals surface area contributed by atoms with Crippen LogP contribution in [0, 0.1) is 0 Å². The summed E-state index contributed by atoms with van der Waals surface area (Å²) in [7, 11) is 0. The van der Waals surface area contributed by atoms with Crippen molar-refractivity contribution in [2.75, 3.05) is 6.54 Å². The Morgan fingerprint density at radius 1 is 1.04 bits per heavy atom. The monoisotopic (exact) mass is 373 g/mol. The average Bonchev–Trinajstić information content (AvgIpc) is 3.11. The van der Waals surface area contributed by atoms with Gasteiger partial charge >= 0.3 is 0 Å². The van der Waals surface area contributed by atoms with E-state index in [2.05, 4.69) is 16.4 Å². The third-order valence-corrected chi connectivity index (χ3v) is 5.11. The molecule has 5 heteroatoms.